The van der Waals surface area contributed by atoms with Crippen LogP contribution >= 0.6 is 0 Å². The molecule has 2 aromatic carbocycles. The van der Waals surface area contributed by atoms with E-state index < -0.39 is 6.61 Å². The third kappa shape index (κ3) is 4.22. The predicted molar refractivity (Wildman–Crippen MR) is 94.2 cm³/mol. The second-order valence-corrected chi connectivity index (χ2v) is 5.88. The van der Waals surface area contributed by atoms with Crippen molar-refractivity contribution in [1.82, 2.24) is 4.90 Å². The maximum Gasteiger partial charge on any atom is 0.387 e. The van der Waals surface area contributed by atoms with Gasteiger partial charge in [-0.05, 0) is 48.5 Å². The van der Waals surface area contributed by atoms with Gasteiger partial charge in [0.15, 0.2) is 0 Å². The van der Waals surface area contributed by atoms with Crippen molar-refractivity contribution in [3.63, 3.8) is 0 Å². The Hall–Kier alpha value is -2.83. The maximum absolute atomic E-state index is 12.6. The molecule has 138 valence electrons. The number of halogens is 2. The van der Waals surface area contributed by atoms with Crippen molar-refractivity contribution in [2.45, 2.75) is 6.61 Å². The van der Waals surface area contributed by atoms with Gasteiger partial charge in [-0.15, -0.1) is 0 Å². The molecule has 0 spiro atoms. The summed E-state index contributed by atoms with van der Waals surface area (Å²) in [6, 6.07) is 13.6. The summed E-state index contributed by atoms with van der Waals surface area (Å²) in [7, 11) is 1.63. The third-order valence-corrected chi connectivity index (χ3v) is 4.33. The zero-order chi connectivity index (χ0) is 18.5. The number of ether oxygens (including phenoxy) is 2. The molecule has 1 aliphatic rings. The molecular weight excluding hydrogens is 342 g/mol. The second-order valence-electron chi connectivity index (χ2n) is 5.88. The van der Waals surface area contributed by atoms with E-state index in [1.54, 1.807) is 12.0 Å². The third-order valence-electron chi connectivity index (χ3n) is 4.33. The molecule has 0 unspecified atom stereocenters. The molecule has 3 rings (SSSR count). The van der Waals surface area contributed by atoms with Crippen molar-refractivity contribution >= 4 is 11.6 Å². The van der Waals surface area contributed by atoms with Gasteiger partial charge in [-0.25, -0.2) is 0 Å². The lowest BCUT2D eigenvalue weighted by Crippen LogP contribution is -2.48. The lowest BCUT2D eigenvalue weighted by Gasteiger charge is -2.36. The summed E-state index contributed by atoms with van der Waals surface area (Å²) in [5.41, 5.74) is 1.55. The number of methoxy groups -OCH3 is 1. The van der Waals surface area contributed by atoms with Gasteiger partial charge in [-0.3, -0.25) is 4.79 Å². The topological polar surface area (TPSA) is 42.0 Å². The van der Waals surface area contributed by atoms with E-state index in [4.69, 9.17) is 4.74 Å². The van der Waals surface area contributed by atoms with Gasteiger partial charge in [0, 0.05) is 37.4 Å². The minimum absolute atomic E-state index is 0.0425. The number of carbonyl (C=O) groups excluding carboxylic acids is 1. The van der Waals surface area contributed by atoms with E-state index >= 15 is 0 Å². The Morgan fingerprint density at radius 1 is 0.923 bits per heavy atom. The van der Waals surface area contributed by atoms with Crippen molar-refractivity contribution in [3.05, 3.63) is 54.1 Å². The first kappa shape index (κ1) is 18.0. The largest absolute Gasteiger partial charge is 0.497 e. The molecule has 2 aromatic rings. The van der Waals surface area contributed by atoms with Gasteiger partial charge in [0.25, 0.3) is 5.91 Å². The minimum Gasteiger partial charge on any atom is -0.497 e. The molecule has 26 heavy (non-hydrogen) atoms. The minimum atomic E-state index is -2.87. The number of benzene rings is 2. The first-order valence-electron chi connectivity index (χ1n) is 8.30. The standard InChI is InChI=1S/C19H20F2N2O3/c1-25-16-8-4-15(5-9-16)22-10-12-23(13-11-22)18(24)14-2-6-17(7-3-14)26-19(20)21/h2-9,19H,10-13H2,1H3. The normalized spacial score (nSPS) is 14.5. The van der Waals surface area contributed by atoms with Crippen LogP contribution in [0.5, 0.6) is 11.5 Å². The van der Waals surface area contributed by atoms with Gasteiger partial charge in [0.2, 0.25) is 0 Å². The molecule has 0 bridgehead atoms. The van der Waals surface area contributed by atoms with Gasteiger partial charge < -0.3 is 19.3 Å². The van der Waals surface area contributed by atoms with E-state index in [-0.39, 0.29) is 11.7 Å². The van der Waals surface area contributed by atoms with Crippen LogP contribution in [0, 0.1) is 0 Å². The fraction of sp³-hybridized carbons (Fsp3) is 0.316. The number of hydrogen-bond donors (Lipinski definition) is 0. The molecule has 0 N–H and O–H groups in total. The van der Waals surface area contributed by atoms with Gasteiger partial charge in [0.05, 0.1) is 7.11 Å². The summed E-state index contributed by atoms with van der Waals surface area (Å²) in [5.74, 6) is 0.741. The fourth-order valence-corrected chi connectivity index (χ4v) is 2.92. The fourth-order valence-electron chi connectivity index (χ4n) is 2.92. The molecule has 1 aliphatic heterocycles. The van der Waals surface area contributed by atoms with E-state index in [1.165, 1.54) is 24.3 Å². The predicted octanol–water partition coefficient (Wildman–Crippen LogP) is 3.26. The summed E-state index contributed by atoms with van der Waals surface area (Å²) in [4.78, 5) is 16.5. The number of alkyl halides is 2. The number of anilines is 1. The van der Waals surface area contributed by atoms with Crippen molar-refractivity contribution < 1.29 is 23.0 Å². The van der Waals surface area contributed by atoms with Crippen LogP contribution < -0.4 is 14.4 Å². The van der Waals surface area contributed by atoms with E-state index in [0.717, 1.165) is 24.5 Å². The highest BCUT2D eigenvalue weighted by Gasteiger charge is 2.22. The Kier molecular flexibility index (Phi) is 5.55. The Morgan fingerprint density at radius 2 is 1.50 bits per heavy atom. The first-order valence-corrected chi connectivity index (χ1v) is 8.30. The highest BCUT2D eigenvalue weighted by molar-refractivity contribution is 5.94. The summed E-state index contributed by atoms with van der Waals surface area (Å²) in [6.45, 7) is -0.224. The smallest absolute Gasteiger partial charge is 0.387 e. The molecule has 0 atom stereocenters. The van der Waals surface area contributed by atoms with Crippen LogP contribution in [-0.4, -0.2) is 50.7 Å². The molecule has 0 saturated carbocycles. The van der Waals surface area contributed by atoms with E-state index in [9.17, 15) is 13.6 Å². The SMILES string of the molecule is COc1ccc(N2CCN(C(=O)c3ccc(OC(F)F)cc3)CC2)cc1. The number of amides is 1. The number of piperazine rings is 1. The average molecular weight is 362 g/mol. The number of carbonyl (C=O) groups is 1. The Morgan fingerprint density at radius 3 is 2.04 bits per heavy atom. The van der Waals surface area contributed by atoms with Crippen LogP contribution in [0.25, 0.3) is 0 Å². The summed E-state index contributed by atoms with van der Waals surface area (Å²) in [5, 5.41) is 0. The summed E-state index contributed by atoms with van der Waals surface area (Å²) >= 11 is 0. The van der Waals surface area contributed by atoms with Crippen LogP contribution in [0.15, 0.2) is 48.5 Å². The summed E-state index contributed by atoms with van der Waals surface area (Å²) in [6.07, 6.45) is 0. The number of nitrogens with zero attached hydrogens (tertiary/aromatic N) is 2. The molecule has 1 fully saturated rings. The quantitative estimate of drug-likeness (QED) is 0.819. The molecule has 5 nitrogen and oxygen atoms in total. The zero-order valence-electron chi connectivity index (χ0n) is 14.4. The molecule has 0 radical (unpaired) electrons. The lowest BCUT2D eigenvalue weighted by molar-refractivity contribution is -0.0498. The van der Waals surface area contributed by atoms with Crippen LogP contribution in [0.2, 0.25) is 0 Å². The van der Waals surface area contributed by atoms with Crippen molar-refractivity contribution in [3.8, 4) is 11.5 Å². The average Bonchev–Trinajstić information content (AvgIpc) is 2.68. The maximum atomic E-state index is 12.6. The summed E-state index contributed by atoms with van der Waals surface area (Å²) < 4.78 is 33.8. The van der Waals surface area contributed by atoms with E-state index in [2.05, 4.69) is 9.64 Å². The van der Waals surface area contributed by atoms with Crippen LogP contribution in [0.4, 0.5) is 14.5 Å². The van der Waals surface area contributed by atoms with Gasteiger partial charge >= 0.3 is 6.61 Å². The molecular formula is C19H20F2N2O3. The van der Waals surface area contributed by atoms with E-state index in [0.29, 0.717) is 18.7 Å². The highest BCUT2D eigenvalue weighted by atomic mass is 19.3. The van der Waals surface area contributed by atoms with Crippen molar-refractivity contribution in [2.75, 3.05) is 38.2 Å². The second kappa shape index (κ2) is 8.03. The van der Waals surface area contributed by atoms with Gasteiger partial charge in [-0.1, -0.05) is 0 Å². The van der Waals surface area contributed by atoms with Gasteiger partial charge in [0.1, 0.15) is 11.5 Å². The molecule has 1 amide bonds. The van der Waals surface area contributed by atoms with Crippen molar-refractivity contribution in [2.24, 2.45) is 0 Å². The molecule has 7 heteroatoms. The lowest BCUT2D eigenvalue weighted by atomic mass is 10.1. The molecule has 0 aliphatic carbocycles. The van der Waals surface area contributed by atoms with Crippen LogP contribution in [0.1, 0.15) is 10.4 Å². The monoisotopic (exact) mass is 362 g/mol. The van der Waals surface area contributed by atoms with E-state index in [1.807, 2.05) is 24.3 Å². The number of rotatable bonds is 5. The van der Waals surface area contributed by atoms with Crippen LogP contribution in [-0.2, 0) is 0 Å². The highest BCUT2D eigenvalue weighted by Crippen LogP contribution is 2.21. The first-order chi connectivity index (χ1) is 12.6. The molecule has 0 aromatic heterocycles. The van der Waals surface area contributed by atoms with Crippen molar-refractivity contribution in [1.29, 1.82) is 0 Å². The molecule has 1 saturated heterocycles. The Labute approximate surface area is 150 Å². The molecule has 1 heterocycles. The zero-order valence-corrected chi connectivity index (χ0v) is 14.4. The van der Waals surface area contributed by atoms with Crippen LogP contribution in [0.3, 0.4) is 0 Å². The Balaban J connectivity index is 1.57. The Bertz CT molecular complexity index is 727. The number of hydrogen-bond acceptors (Lipinski definition) is 4. The van der Waals surface area contributed by atoms with Gasteiger partial charge in [-0.2, -0.15) is 8.78 Å².